The fraction of sp³-hybridized carbons (Fsp3) is 0.500. The van der Waals surface area contributed by atoms with Gasteiger partial charge >= 0.3 is 0 Å². The highest BCUT2D eigenvalue weighted by molar-refractivity contribution is 7.80. The van der Waals surface area contributed by atoms with Crippen molar-refractivity contribution in [2.45, 2.75) is 31.7 Å². The molecule has 3 nitrogen and oxygen atoms in total. The molecule has 0 atom stereocenters. The van der Waals surface area contributed by atoms with E-state index in [9.17, 15) is 4.79 Å². The van der Waals surface area contributed by atoms with Crippen LogP contribution in [-0.4, -0.2) is 28.4 Å². The van der Waals surface area contributed by atoms with Crippen molar-refractivity contribution in [3.05, 3.63) is 22.4 Å². The van der Waals surface area contributed by atoms with Gasteiger partial charge in [-0.15, -0.1) is 0 Å². The number of nitrogens with two attached hydrogens (primary N) is 1. The summed E-state index contributed by atoms with van der Waals surface area (Å²) >= 11 is 6.48. The van der Waals surface area contributed by atoms with Gasteiger partial charge in [-0.2, -0.15) is 11.3 Å². The summed E-state index contributed by atoms with van der Waals surface area (Å²) in [6, 6.07) is 2.16. The zero-order chi connectivity index (χ0) is 12.3. The second kappa shape index (κ2) is 5.60. The lowest BCUT2D eigenvalue weighted by Gasteiger charge is -2.28. The van der Waals surface area contributed by atoms with E-state index in [0.717, 1.165) is 18.4 Å². The van der Waals surface area contributed by atoms with Gasteiger partial charge in [0, 0.05) is 11.4 Å². The van der Waals surface area contributed by atoms with Crippen LogP contribution in [0.5, 0.6) is 0 Å². The SMILES string of the molecule is NC(=S)CN(C(=O)c1ccsc1)C1CCCC1. The monoisotopic (exact) mass is 268 g/mol. The first kappa shape index (κ1) is 12.5. The minimum atomic E-state index is 0.0611. The molecule has 0 spiro atoms. The van der Waals surface area contributed by atoms with Gasteiger partial charge in [0.25, 0.3) is 5.91 Å². The molecule has 1 saturated carbocycles. The Balaban J connectivity index is 2.14. The van der Waals surface area contributed by atoms with Crippen LogP contribution in [0.1, 0.15) is 36.0 Å². The Labute approximate surface area is 111 Å². The van der Waals surface area contributed by atoms with Crippen LogP contribution in [0.2, 0.25) is 0 Å². The van der Waals surface area contributed by atoms with Gasteiger partial charge in [0.15, 0.2) is 0 Å². The zero-order valence-corrected chi connectivity index (χ0v) is 11.2. The summed E-state index contributed by atoms with van der Waals surface area (Å²) < 4.78 is 0. The number of nitrogens with zero attached hydrogens (tertiary/aromatic N) is 1. The molecule has 1 aliphatic rings. The Morgan fingerprint density at radius 1 is 1.53 bits per heavy atom. The summed E-state index contributed by atoms with van der Waals surface area (Å²) in [4.78, 5) is 14.6. The number of thiophene rings is 1. The second-order valence-corrected chi connectivity index (χ2v) is 5.65. The second-order valence-electron chi connectivity index (χ2n) is 4.35. The van der Waals surface area contributed by atoms with Crippen molar-refractivity contribution in [1.29, 1.82) is 0 Å². The van der Waals surface area contributed by atoms with Gasteiger partial charge in [-0.25, -0.2) is 0 Å². The zero-order valence-electron chi connectivity index (χ0n) is 9.59. The van der Waals surface area contributed by atoms with Crippen LogP contribution in [0.4, 0.5) is 0 Å². The van der Waals surface area contributed by atoms with Crippen LogP contribution < -0.4 is 5.73 Å². The fourth-order valence-corrected chi connectivity index (χ4v) is 3.07. The van der Waals surface area contributed by atoms with Crippen LogP contribution in [0.15, 0.2) is 16.8 Å². The molecule has 1 fully saturated rings. The largest absolute Gasteiger partial charge is 0.392 e. The van der Waals surface area contributed by atoms with Gasteiger partial charge in [-0.3, -0.25) is 4.79 Å². The molecule has 1 aromatic heterocycles. The van der Waals surface area contributed by atoms with Crippen LogP contribution in [-0.2, 0) is 0 Å². The van der Waals surface area contributed by atoms with Crippen molar-refractivity contribution < 1.29 is 4.79 Å². The van der Waals surface area contributed by atoms with Gasteiger partial charge in [-0.05, 0) is 24.3 Å². The van der Waals surface area contributed by atoms with E-state index in [0.29, 0.717) is 17.6 Å². The molecule has 0 aromatic carbocycles. The number of thiocarbonyl (C=S) groups is 1. The van der Waals surface area contributed by atoms with Gasteiger partial charge in [0.2, 0.25) is 0 Å². The van der Waals surface area contributed by atoms with Gasteiger partial charge in [0.1, 0.15) is 0 Å². The van der Waals surface area contributed by atoms with Crippen LogP contribution in [0, 0.1) is 0 Å². The maximum absolute atomic E-state index is 12.3. The maximum Gasteiger partial charge on any atom is 0.255 e. The minimum absolute atomic E-state index is 0.0611. The summed E-state index contributed by atoms with van der Waals surface area (Å²) in [7, 11) is 0. The van der Waals surface area contributed by atoms with Crippen molar-refractivity contribution in [1.82, 2.24) is 4.90 Å². The Morgan fingerprint density at radius 2 is 2.24 bits per heavy atom. The summed E-state index contributed by atoms with van der Waals surface area (Å²) in [5, 5.41) is 3.80. The molecule has 2 rings (SSSR count). The molecule has 1 aliphatic carbocycles. The molecule has 1 heterocycles. The number of hydrogen-bond acceptors (Lipinski definition) is 3. The van der Waals surface area contributed by atoms with E-state index in [-0.39, 0.29) is 5.91 Å². The third kappa shape index (κ3) is 3.04. The number of amides is 1. The molecule has 92 valence electrons. The third-order valence-electron chi connectivity index (χ3n) is 3.12. The minimum Gasteiger partial charge on any atom is -0.392 e. The number of hydrogen-bond donors (Lipinski definition) is 1. The van der Waals surface area contributed by atoms with E-state index < -0.39 is 0 Å². The predicted molar refractivity (Wildman–Crippen MR) is 74.4 cm³/mol. The van der Waals surface area contributed by atoms with E-state index in [1.54, 1.807) is 0 Å². The van der Waals surface area contributed by atoms with Crippen molar-refractivity contribution in [2.24, 2.45) is 5.73 Å². The lowest BCUT2D eigenvalue weighted by atomic mass is 10.1. The Bertz CT molecular complexity index is 397. The molecule has 0 saturated heterocycles. The van der Waals surface area contributed by atoms with E-state index in [1.165, 1.54) is 24.2 Å². The summed E-state index contributed by atoms with van der Waals surface area (Å²) in [6.45, 7) is 0.397. The van der Waals surface area contributed by atoms with Crippen LogP contribution in [0.25, 0.3) is 0 Å². The lowest BCUT2D eigenvalue weighted by molar-refractivity contribution is 0.0715. The predicted octanol–water partition coefficient (Wildman–Crippen LogP) is 2.42. The Morgan fingerprint density at radius 3 is 2.76 bits per heavy atom. The molecule has 1 aromatic rings. The molecule has 0 radical (unpaired) electrons. The molecule has 2 N–H and O–H groups in total. The van der Waals surface area contributed by atoms with Crippen molar-refractivity contribution >= 4 is 34.5 Å². The van der Waals surface area contributed by atoms with Crippen LogP contribution in [0.3, 0.4) is 0 Å². The van der Waals surface area contributed by atoms with E-state index in [4.69, 9.17) is 18.0 Å². The molecular weight excluding hydrogens is 252 g/mol. The molecule has 0 unspecified atom stereocenters. The molecule has 17 heavy (non-hydrogen) atoms. The maximum atomic E-state index is 12.3. The first-order chi connectivity index (χ1) is 8.18. The number of carbonyl (C=O) groups is 1. The molecule has 5 heteroatoms. The van der Waals surface area contributed by atoms with E-state index in [2.05, 4.69) is 0 Å². The van der Waals surface area contributed by atoms with Crippen LogP contribution >= 0.6 is 23.6 Å². The normalized spacial score (nSPS) is 16.0. The summed E-state index contributed by atoms with van der Waals surface area (Å²) in [5.41, 5.74) is 6.34. The Kier molecular flexibility index (Phi) is 4.12. The van der Waals surface area contributed by atoms with Gasteiger partial charge in [-0.1, -0.05) is 25.1 Å². The van der Waals surface area contributed by atoms with Crippen molar-refractivity contribution in [2.75, 3.05) is 6.54 Å². The molecule has 1 amide bonds. The smallest absolute Gasteiger partial charge is 0.255 e. The molecular formula is C12H16N2OS2. The summed E-state index contributed by atoms with van der Waals surface area (Å²) in [5.74, 6) is 0.0611. The topological polar surface area (TPSA) is 46.3 Å². The quantitative estimate of drug-likeness (QED) is 0.853. The number of carbonyl (C=O) groups excluding carboxylic acids is 1. The highest BCUT2D eigenvalue weighted by atomic mass is 32.1. The van der Waals surface area contributed by atoms with Crippen molar-refractivity contribution in [3.63, 3.8) is 0 Å². The molecule has 0 bridgehead atoms. The highest BCUT2D eigenvalue weighted by Crippen LogP contribution is 2.25. The number of rotatable bonds is 4. The summed E-state index contributed by atoms with van der Waals surface area (Å²) in [6.07, 6.45) is 4.52. The first-order valence-electron chi connectivity index (χ1n) is 5.80. The fourth-order valence-electron chi connectivity index (χ4n) is 2.30. The van der Waals surface area contributed by atoms with Gasteiger partial charge in [0.05, 0.1) is 17.1 Å². The standard InChI is InChI=1S/C12H16N2OS2/c13-11(16)7-14(10-3-1-2-4-10)12(15)9-5-6-17-8-9/h5-6,8,10H,1-4,7H2,(H2,13,16). The van der Waals surface area contributed by atoms with E-state index >= 15 is 0 Å². The average molecular weight is 268 g/mol. The van der Waals surface area contributed by atoms with Gasteiger partial charge < -0.3 is 10.6 Å². The lowest BCUT2D eigenvalue weighted by Crippen LogP contribution is -2.43. The molecule has 0 aliphatic heterocycles. The van der Waals surface area contributed by atoms with Crippen molar-refractivity contribution in [3.8, 4) is 0 Å². The third-order valence-corrected chi connectivity index (χ3v) is 3.93. The Hall–Kier alpha value is -0.940. The van der Waals surface area contributed by atoms with E-state index in [1.807, 2.05) is 21.7 Å². The highest BCUT2D eigenvalue weighted by Gasteiger charge is 2.27. The average Bonchev–Trinajstić information content (AvgIpc) is 2.96. The first-order valence-corrected chi connectivity index (χ1v) is 7.15.